The van der Waals surface area contributed by atoms with Crippen molar-refractivity contribution in [2.75, 3.05) is 18.9 Å². The highest BCUT2D eigenvalue weighted by molar-refractivity contribution is 7.91. The van der Waals surface area contributed by atoms with Crippen LogP contribution in [0.2, 0.25) is 0 Å². The van der Waals surface area contributed by atoms with Gasteiger partial charge in [0.1, 0.15) is 0 Å². The first-order valence-corrected chi connectivity index (χ1v) is 7.02. The number of aromatic nitrogens is 1. The van der Waals surface area contributed by atoms with Crippen LogP contribution in [0.15, 0.2) is 4.21 Å². The summed E-state index contributed by atoms with van der Waals surface area (Å²) >= 11 is 0.836. The number of hydrogen-bond acceptors (Lipinski definition) is 7. The summed E-state index contributed by atoms with van der Waals surface area (Å²) in [4.78, 5) is 3.81. The number of rotatable bonds is 5. The summed E-state index contributed by atoms with van der Waals surface area (Å²) in [5.74, 6) is 0. The molecule has 98 valence electrons. The van der Waals surface area contributed by atoms with Gasteiger partial charge in [-0.3, -0.25) is 0 Å². The molecule has 0 spiro atoms. The number of nitrogens with zero attached hydrogens (tertiary/aromatic N) is 1. The van der Waals surface area contributed by atoms with Gasteiger partial charge in [-0.2, -0.15) is 4.72 Å². The molecule has 1 aromatic rings. The molecule has 0 radical (unpaired) electrons. The third-order valence-corrected chi connectivity index (χ3v) is 5.33. The van der Waals surface area contributed by atoms with E-state index in [2.05, 4.69) is 9.71 Å². The van der Waals surface area contributed by atoms with Crippen LogP contribution in [-0.4, -0.2) is 42.4 Å². The Morgan fingerprint density at radius 3 is 2.35 bits per heavy atom. The summed E-state index contributed by atoms with van der Waals surface area (Å²) in [7, 11) is -3.85. The standard InChI is InChI=1S/C8H15N3O4S2/c1-5-6(16-7(9)10-5)17(14,15)11-8(2,3-12)4-13/h11-13H,3-4H2,1-2H3,(H2,9,10). The normalized spacial score (nSPS) is 12.9. The summed E-state index contributed by atoms with van der Waals surface area (Å²) < 4.78 is 26.2. The Balaban J connectivity index is 3.09. The fourth-order valence-corrected chi connectivity index (χ4v) is 3.83. The van der Waals surface area contributed by atoms with E-state index < -0.39 is 28.8 Å². The molecular weight excluding hydrogens is 266 g/mol. The van der Waals surface area contributed by atoms with Crippen molar-refractivity contribution < 1.29 is 18.6 Å². The zero-order valence-corrected chi connectivity index (χ0v) is 11.1. The Morgan fingerprint density at radius 1 is 1.47 bits per heavy atom. The molecule has 17 heavy (non-hydrogen) atoms. The van der Waals surface area contributed by atoms with Crippen LogP contribution in [0, 0.1) is 6.92 Å². The highest BCUT2D eigenvalue weighted by atomic mass is 32.2. The van der Waals surface area contributed by atoms with E-state index >= 15 is 0 Å². The Labute approximate surface area is 103 Å². The Bertz CT molecular complexity index is 493. The van der Waals surface area contributed by atoms with E-state index in [4.69, 9.17) is 15.9 Å². The molecule has 0 fully saturated rings. The van der Waals surface area contributed by atoms with Gasteiger partial charge in [-0.15, -0.1) is 0 Å². The second-order valence-electron chi connectivity index (χ2n) is 3.91. The van der Waals surface area contributed by atoms with Crippen molar-refractivity contribution in [2.45, 2.75) is 23.6 Å². The number of nitrogen functional groups attached to an aromatic ring is 1. The third kappa shape index (κ3) is 3.13. The molecule has 0 unspecified atom stereocenters. The van der Waals surface area contributed by atoms with Crippen LogP contribution >= 0.6 is 11.3 Å². The van der Waals surface area contributed by atoms with Gasteiger partial charge in [-0.05, 0) is 13.8 Å². The number of aliphatic hydroxyl groups excluding tert-OH is 2. The highest BCUT2D eigenvalue weighted by Gasteiger charge is 2.31. The van der Waals surface area contributed by atoms with Gasteiger partial charge in [0.25, 0.3) is 10.0 Å². The molecule has 1 rings (SSSR count). The average Bonchev–Trinajstić information content (AvgIpc) is 2.58. The Morgan fingerprint density at radius 2 is 2.00 bits per heavy atom. The number of hydrogen-bond donors (Lipinski definition) is 4. The highest BCUT2D eigenvalue weighted by Crippen LogP contribution is 2.25. The molecule has 0 aromatic carbocycles. The first-order chi connectivity index (χ1) is 7.74. The van der Waals surface area contributed by atoms with Crippen LogP contribution in [-0.2, 0) is 10.0 Å². The molecule has 5 N–H and O–H groups in total. The Kier molecular flexibility index (Phi) is 4.10. The summed E-state index contributed by atoms with van der Waals surface area (Å²) in [6.07, 6.45) is 0. The fourth-order valence-electron chi connectivity index (χ4n) is 1.14. The summed E-state index contributed by atoms with van der Waals surface area (Å²) in [6, 6.07) is 0. The monoisotopic (exact) mass is 281 g/mol. The van der Waals surface area contributed by atoms with Gasteiger partial charge in [-0.25, -0.2) is 13.4 Å². The van der Waals surface area contributed by atoms with Crippen molar-refractivity contribution in [1.82, 2.24) is 9.71 Å². The first kappa shape index (κ1) is 14.3. The van der Waals surface area contributed by atoms with E-state index in [9.17, 15) is 8.42 Å². The predicted octanol–water partition coefficient (Wildman–Crippen LogP) is -0.945. The van der Waals surface area contributed by atoms with E-state index in [0.29, 0.717) is 5.69 Å². The number of aryl methyl sites for hydroxylation is 1. The summed E-state index contributed by atoms with van der Waals surface area (Å²) in [6.45, 7) is 1.88. The minimum atomic E-state index is -3.85. The fraction of sp³-hybridized carbons (Fsp3) is 0.625. The average molecular weight is 281 g/mol. The predicted molar refractivity (Wildman–Crippen MR) is 64.2 cm³/mol. The molecule has 0 atom stereocenters. The SMILES string of the molecule is Cc1nc(N)sc1S(=O)(=O)NC(C)(CO)CO. The van der Waals surface area contributed by atoms with E-state index in [0.717, 1.165) is 11.3 Å². The second kappa shape index (κ2) is 4.86. The van der Waals surface area contributed by atoms with Crippen molar-refractivity contribution in [1.29, 1.82) is 0 Å². The molecule has 0 bridgehead atoms. The van der Waals surface area contributed by atoms with Crippen molar-refractivity contribution in [2.24, 2.45) is 0 Å². The number of nitrogens with two attached hydrogens (primary N) is 1. The number of nitrogens with one attached hydrogen (secondary N) is 1. The lowest BCUT2D eigenvalue weighted by atomic mass is 10.1. The molecule has 0 amide bonds. The number of thiazole rings is 1. The Hall–Kier alpha value is -0.740. The lowest BCUT2D eigenvalue weighted by Crippen LogP contribution is -2.51. The summed E-state index contributed by atoms with van der Waals surface area (Å²) in [5.41, 5.74) is 4.40. The van der Waals surface area contributed by atoms with Crippen molar-refractivity contribution in [3.8, 4) is 0 Å². The van der Waals surface area contributed by atoms with Gasteiger partial charge in [-0.1, -0.05) is 11.3 Å². The molecule has 9 heteroatoms. The van der Waals surface area contributed by atoms with Crippen LogP contribution in [0.5, 0.6) is 0 Å². The number of aliphatic hydroxyl groups is 2. The van der Waals surface area contributed by atoms with Crippen molar-refractivity contribution in [3.05, 3.63) is 5.69 Å². The van der Waals surface area contributed by atoms with E-state index in [1.165, 1.54) is 13.8 Å². The summed E-state index contributed by atoms with van der Waals surface area (Å²) in [5, 5.41) is 18.2. The lowest BCUT2D eigenvalue weighted by molar-refractivity contribution is 0.122. The molecule has 0 aliphatic rings. The van der Waals surface area contributed by atoms with Gasteiger partial charge in [0.15, 0.2) is 9.34 Å². The molecule has 1 heterocycles. The van der Waals surface area contributed by atoms with E-state index in [1.807, 2.05) is 0 Å². The van der Waals surface area contributed by atoms with Gasteiger partial charge < -0.3 is 15.9 Å². The van der Waals surface area contributed by atoms with Crippen molar-refractivity contribution >= 4 is 26.5 Å². The maximum Gasteiger partial charge on any atom is 0.252 e. The van der Waals surface area contributed by atoms with E-state index in [1.54, 1.807) is 0 Å². The van der Waals surface area contributed by atoms with Crippen LogP contribution in [0.25, 0.3) is 0 Å². The topological polar surface area (TPSA) is 126 Å². The van der Waals surface area contributed by atoms with Crippen LogP contribution < -0.4 is 10.5 Å². The van der Waals surface area contributed by atoms with Crippen LogP contribution in [0.4, 0.5) is 5.13 Å². The van der Waals surface area contributed by atoms with Gasteiger partial charge in [0, 0.05) is 0 Å². The largest absolute Gasteiger partial charge is 0.394 e. The molecule has 0 saturated carbocycles. The van der Waals surface area contributed by atoms with E-state index in [-0.39, 0.29) is 9.34 Å². The number of anilines is 1. The van der Waals surface area contributed by atoms with Gasteiger partial charge in [0.05, 0.1) is 24.4 Å². The first-order valence-electron chi connectivity index (χ1n) is 4.73. The zero-order valence-electron chi connectivity index (χ0n) is 9.47. The smallest absolute Gasteiger partial charge is 0.252 e. The van der Waals surface area contributed by atoms with Gasteiger partial charge in [0.2, 0.25) is 0 Å². The quantitative estimate of drug-likeness (QED) is 0.551. The zero-order chi connectivity index (χ0) is 13.3. The molecule has 0 saturated heterocycles. The second-order valence-corrected chi connectivity index (χ2v) is 6.82. The third-order valence-electron chi connectivity index (χ3n) is 2.09. The molecule has 0 aliphatic carbocycles. The number of sulfonamides is 1. The van der Waals surface area contributed by atoms with Crippen LogP contribution in [0.3, 0.4) is 0 Å². The molecule has 7 nitrogen and oxygen atoms in total. The molecular formula is C8H15N3O4S2. The lowest BCUT2D eigenvalue weighted by Gasteiger charge is -2.25. The van der Waals surface area contributed by atoms with Gasteiger partial charge >= 0.3 is 0 Å². The minimum absolute atomic E-state index is 0.0110. The minimum Gasteiger partial charge on any atom is -0.394 e. The maximum atomic E-state index is 12.0. The maximum absolute atomic E-state index is 12.0. The molecule has 0 aliphatic heterocycles. The van der Waals surface area contributed by atoms with Crippen molar-refractivity contribution in [3.63, 3.8) is 0 Å². The van der Waals surface area contributed by atoms with Crippen LogP contribution in [0.1, 0.15) is 12.6 Å². The molecule has 1 aromatic heterocycles.